The lowest BCUT2D eigenvalue weighted by atomic mass is 9.86. The summed E-state index contributed by atoms with van der Waals surface area (Å²) in [5.41, 5.74) is 4.86. The van der Waals surface area contributed by atoms with Gasteiger partial charge in [0.25, 0.3) is 0 Å². The van der Waals surface area contributed by atoms with Gasteiger partial charge in [-0.15, -0.1) is 0 Å². The molecule has 9 heteroatoms. The molecule has 0 saturated heterocycles. The standard InChI is InChI=1S/C22H44N2O7/c1-22(2,3)31-21(25)24-20-6-4-19(5-7-20)18-30-17-16-29-15-14-28-13-12-27-11-10-26-9-8-23/h19-20H,4-18,23H2,1-3H3,(H,24,25)/t19-,20-. The van der Waals surface area contributed by atoms with Gasteiger partial charge in [-0.3, -0.25) is 0 Å². The SMILES string of the molecule is CC(C)(C)OC(=O)N[C@H]1CC[C@H](COCCOCCOCCOCCOCCN)CC1. The van der Waals surface area contributed by atoms with E-state index in [-0.39, 0.29) is 12.1 Å². The van der Waals surface area contributed by atoms with Gasteiger partial charge in [-0.1, -0.05) is 0 Å². The average Bonchev–Trinajstić information content (AvgIpc) is 2.70. The monoisotopic (exact) mass is 448 g/mol. The van der Waals surface area contributed by atoms with Crippen molar-refractivity contribution in [1.29, 1.82) is 0 Å². The first-order valence-electron chi connectivity index (χ1n) is 11.5. The normalized spacial score (nSPS) is 19.4. The van der Waals surface area contributed by atoms with Gasteiger partial charge in [-0.05, 0) is 52.4 Å². The maximum absolute atomic E-state index is 11.8. The number of alkyl carbamates (subject to hydrolysis) is 1. The molecule has 1 saturated carbocycles. The molecule has 0 atom stereocenters. The largest absolute Gasteiger partial charge is 0.444 e. The molecule has 0 unspecified atom stereocenters. The zero-order valence-corrected chi connectivity index (χ0v) is 19.7. The number of nitrogens with two attached hydrogens (primary N) is 1. The lowest BCUT2D eigenvalue weighted by molar-refractivity contribution is -0.0146. The van der Waals surface area contributed by atoms with Crippen molar-refractivity contribution in [1.82, 2.24) is 5.32 Å². The van der Waals surface area contributed by atoms with Crippen LogP contribution in [0.15, 0.2) is 0 Å². The number of hydrogen-bond donors (Lipinski definition) is 2. The fourth-order valence-corrected chi connectivity index (χ4v) is 3.16. The van der Waals surface area contributed by atoms with E-state index in [2.05, 4.69) is 5.32 Å². The summed E-state index contributed by atoms with van der Waals surface area (Å²) in [6, 6.07) is 0.198. The number of amides is 1. The number of ether oxygens (including phenoxy) is 6. The van der Waals surface area contributed by atoms with E-state index < -0.39 is 5.60 Å². The van der Waals surface area contributed by atoms with Crippen molar-refractivity contribution in [2.24, 2.45) is 11.7 Å². The van der Waals surface area contributed by atoms with Gasteiger partial charge in [-0.25, -0.2) is 4.79 Å². The molecule has 1 fully saturated rings. The van der Waals surface area contributed by atoms with Crippen LogP contribution in [-0.2, 0) is 28.4 Å². The van der Waals surface area contributed by atoms with E-state index in [0.29, 0.717) is 71.9 Å². The Morgan fingerprint density at radius 1 is 0.774 bits per heavy atom. The van der Waals surface area contributed by atoms with E-state index in [4.69, 9.17) is 34.2 Å². The van der Waals surface area contributed by atoms with Crippen LogP contribution >= 0.6 is 0 Å². The van der Waals surface area contributed by atoms with Gasteiger partial charge in [0, 0.05) is 19.2 Å². The van der Waals surface area contributed by atoms with Crippen LogP contribution in [0, 0.1) is 5.92 Å². The van der Waals surface area contributed by atoms with Crippen molar-refractivity contribution < 1.29 is 33.2 Å². The first kappa shape index (κ1) is 28.1. The molecule has 184 valence electrons. The lowest BCUT2D eigenvalue weighted by Gasteiger charge is -2.30. The van der Waals surface area contributed by atoms with E-state index in [9.17, 15) is 4.79 Å². The summed E-state index contributed by atoms with van der Waals surface area (Å²) in [5, 5.41) is 2.97. The highest BCUT2D eigenvalue weighted by Gasteiger charge is 2.24. The van der Waals surface area contributed by atoms with Crippen LogP contribution in [0.25, 0.3) is 0 Å². The van der Waals surface area contributed by atoms with E-state index in [1.807, 2.05) is 20.8 Å². The minimum absolute atomic E-state index is 0.198. The molecular formula is C22H44N2O7. The molecule has 0 aromatic carbocycles. The van der Waals surface area contributed by atoms with Gasteiger partial charge in [0.15, 0.2) is 0 Å². The minimum Gasteiger partial charge on any atom is -0.444 e. The molecule has 1 amide bonds. The van der Waals surface area contributed by atoms with Gasteiger partial charge in [0.05, 0.1) is 59.5 Å². The van der Waals surface area contributed by atoms with Crippen LogP contribution in [0.5, 0.6) is 0 Å². The second-order valence-electron chi connectivity index (χ2n) is 8.68. The molecule has 0 heterocycles. The van der Waals surface area contributed by atoms with Crippen molar-refractivity contribution in [3.8, 4) is 0 Å². The highest BCUT2D eigenvalue weighted by molar-refractivity contribution is 5.68. The average molecular weight is 449 g/mol. The molecule has 0 radical (unpaired) electrons. The Hall–Kier alpha value is -0.970. The Balaban J connectivity index is 1.84. The second kappa shape index (κ2) is 17.6. The summed E-state index contributed by atoms with van der Waals surface area (Å²) < 4.78 is 32.6. The van der Waals surface area contributed by atoms with E-state index in [1.165, 1.54) is 0 Å². The van der Waals surface area contributed by atoms with Gasteiger partial charge < -0.3 is 39.5 Å². The topological polar surface area (TPSA) is 111 Å². The Morgan fingerprint density at radius 2 is 1.23 bits per heavy atom. The van der Waals surface area contributed by atoms with Crippen LogP contribution < -0.4 is 11.1 Å². The second-order valence-corrected chi connectivity index (χ2v) is 8.68. The van der Waals surface area contributed by atoms with Crippen molar-refractivity contribution in [3.63, 3.8) is 0 Å². The summed E-state index contributed by atoms with van der Waals surface area (Å²) in [7, 11) is 0. The van der Waals surface area contributed by atoms with Crippen molar-refractivity contribution in [2.75, 3.05) is 72.6 Å². The molecule has 31 heavy (non-hydrogen) atoms. The predicted molar refractivity (Wildman–Crippen MR) is 118 cm³/mol. The smallest absolute Gasteiger partial charge is 0.407 e. The predicted octanol–water partition coefficient (Wildman–Crippen LogP) is 2.11. The molecule has 0 bridgehead atoms. The first-order valence-corrected chi connectivity index (χ1v) is 11.5. The molecule has 1 aliphatic rings. The van der Waals surface area contributed by atoms with Crippen LogP contribution in [0.4, 0.5) is 4.79 Å². The van der Waals surface area contributed by atoms with Crippen molar-refractivity contribution >= 4 is 6.09 Å². The summed E-state index contributed by atoms with van der Waals surface area (Å²) in [6.07, 6.45) is 3.71. The highest BCUT2D eigenvalue weighted by Crippen LogP contribution is 2.24. The van der Waals surface area contributed by atoms with Crippen LogP contribution in [0.3, 0.4) is 0 Å². The van der Waals surface area contributed by atoms with Crippen molar-refractivity contribution in [2.45, 2.75) is 58.1 Å². The molecule has 0 aliphatic heterocycles. The van der Waals surface area contributed by atoms with Gasteiger partial charge >= 0.3 is 6.09 Å². The lowest BCUT2D eigenvalue weighted by Crippen LogP contribution is -2.41. The summed E-state index contributed by atoms with van der Waals surface area (Å²) >= 11 is 0. The summed E-state index contributed by atoms with van der Waals surface area (Å²) in [4.78, 5) is 11.8. The van der Waals surface area contributed by atoms with E-state index in [0.717, 1.165) is 32.3 Å². The number of carbonyl (C=O) groups is 1. The summed E-state index contributed by atoms with van der Waals surface area (Å²) in [5.74, 6) is 0.542. The van der Waals surface area contributed by atoms with Gasteiger partial charge in [0.1, 0.15) is 5.60 Å². The molecule has 1 rings (SSSR count). The molecule has 1 aliphatic carbocycles. The Kier molecular flexibility index (Phi) is 15.9. The van der Waals surface area contributed by atoms with Crippen molar-refractivity contribution in [3.05, 3.63) is 0 Å². The quantitative estimate of drug-likeness (QED) is 0.326. The summed E-state index contributed by atoms with van der Waals surface area (Å²) in [6.45, 7) is 11.9. The third-order valence-corrected chi connectivity index (χ3v) is 4.67. The molecule has 0 aromatic rings. The minimum atomic E-state index is -0.460. The fraction of sp³-hybridized carbons (Fsp3) is 0.955. The molecule has 0 spiro atoms. The Morgan fingerprint density at radius 3 is 1.68 bits per heavy atom. The molecular weight excluding hydrogens is 404 g/mol. The third kappa shape index (κ3) is 17.3. The number of hydrogen-bond acceptors (Lipinski definition) is 8. The zero-order valence-electron chi connectivity index (χ0n) is 19.7. The van der Waals surface area contributed by atoms with Gasteiger partial charge in [0.2, 0.25) is 0 Å². The fourth-order valence-electron chi connectivity index (χ4n) is 3.16. The molecule has 9 nitrogen and oxygen atoms in total. The maximum Gasteiger partial charge on any atom is 0.407 e. The zero-order chi connectivity index (χ0) is 22.8. The number of carbonyl (C=O) groups excluding carboxylic acids is 1. The molecule has 0 aromatic heterocycles. The van der Waals surface area contributed by atoms with Crippen LogP contribution in [-0.4, -0.2) is 90.3 Å². The van der Waals surface area contributed by atoms with E-state index >= 15 is 0 Å². The highest BCUT2D eigenvalue weighted by atomic mass is 16.6. The Labute approximate surface area is 187 Å². The van der Waals surface area contributed by atoms with Crippen LogP contribution in [0.2, 0.25) is 0 Å². The third-order valence-electron chi connectivity index (χ3n) is 4.67. The number of rotatable bonds is 17. The van der Waals surface area contributed by atoms with E-state index in [1.54, 1.807) is 0 Å². The number of nitrogens with one attached hydrogen (secondary N) is 1. The first-order chi connectivity index (χ1) is 14.9. The molecule has 3 N–H and O–H groups in total. The van der Waals surface area contributed by atoms with Crippen LogP contribution in [0.1, 0.15) is 46.5 Å². The van der Waals surface area contributed by atoms with Gasteiger partial charge in [-0.2, -0.15) is 0 Å². The maximum atomic E-state index is 11.8. The Bertz CT molecular complexity index is 438.